The van der Waals surface area contributed by atoms with Gasteiger partial charge in [0.2, 0.25) is 0 Å². The molecule has 2 rings (SSSR count). The van der Waals surface area contributed by atoms with E-state index < -0.39 is 0 Å². The summed E-state index contributed by atoms with van der Waals surface area (Å²) < 4.78 is 13.0. The van der Waals surface area contributed by atoms with Crippen LogP contribution in [0.5, 0.6) is 0 Å². The summed E-state index contributed by atoms with van der Waals surface area (Å²) in [7, 11) is 5.85. The van der Waals surface area contributed by atoms with Crippen LogP contribution in [0.15, 0.2) is 11.2 Å². The van der Waals surface area contributed by atoms with Crippen molar-refractivity contribution in [3.8, 4) is 0 Å². The van der Waals surface area contributed by atoms with Gasteiger partial charge < -0.3 is 19.7 Å². The molecule has 1 aliphatic rings. The molecule has 0 amide bonds. The Morgan fingerprint density at radius 1 is 1.52 bits per heavy atom. The Kier molecular flexibility index (Phi) is 11.2. The molecule has 1 fully saturated rings. The van der Waals surface area contributed by atoms with E-state index in [2.05, 4.69) is 47.4 Å². The molecule has 0 saturated carbocycles. The minimum Gasteiger partial charge on any atom is -0.381 e. The maximum atomic E-state index is 5.75. The van der Waals surface area contributed by atoms with Gasteiger partial charge in [-0.1, -0.05) is 13.8 Å². The SMILES string of the molecule is CN=C(NCCCOCC1CCOC1)N(C)Cc1cn(C)nc1C(C)C.I. The highest BCUT2D eigenvalue weighted by molar-refractivity contribution is 14.0. The Morgan fingerprint density at radius 2 is 2.30 bits per heavy atom. The molecule has 1 unspecified atom stereocenters. The van der Waals surface area contributed by atoms with E-state index in [1.165, 1.54) is 5.56 Å². The molecule has 0 aromatic carbocycles. The number of hydrogen-bond donors (Lipinski definition) is 1. The molecule has 1 aromatic heterocycles. The second kappa shape index (κ2) is 12.6. The van der Waals surface area contributed by atoms with Crippen molar-refractivity contribution in [2.45, 2.75) is 39.2 Å². The van der Waals surface area contributed by atoms with E-state index in [9.17, 15) is 0 Å². The van der Waals surface area contributed by atoms with Crippen LogP contribution in [0.4, 0.5) is 0 Å². The van der Waals surface area contributed by atoms with Gasteiger partial charge in [0.25, 0.3) is 0 Å². The van der Waals surface area contributed by atoms with Crippen LogP contribution in [0.3, 0.4) is 0 Å². The first-order chi connectivity index (χ1) is 12.5. The van der Waals surface area contributed by atoms with Gasteiger partial charge in [0.15, 0.2) is 5.96 Å². The molecular formula is C19H36IN5O2. The van der Waals surface area contributed by atoms with Crippen LogP contribution in [0, 0.1) is 5.92 Å². The Bertz CT molecular complexity index is 570. The van der Waals surface area contributed by atoms with Crippen LogP contribution in [0.25, 0.3) is 0 Å². The standard InChI is InChI=1S/C19H35N5O2.HI/c1-15(2)18-17(12-24(5)22-18)11-23(4)19(20-3)21-8-6-9-25-13-16-7-10-26-14-16;/h12,15-16H,6-11,13-14H2,1-5H3,(H,20,21);1H. The van der Waals surface area contributed by atoms with Crippen molar-refractivity contribution < 1.29 is 9.47 Å². The monoisotopic (exact) mass is 493 g/mol. The number of aliphatic imine (C=N–C) groups is 1. The Hall–Kier alpha value is -0.870. The molecule has 156 valence electrons. The third-order valence-electron chi connectivity index (χ3n) is 4.59. The van der Waals surface area contributed by atoms with Crippen molar-refractivity contribution in [3.05, 3.63) is 17.5 Å². The van der Waals surface area contributed by atoms with E-state index >= 15 is 0 Å². The molecule has 8 heteroatoms. The zero-order valence-corrected chi connectivity index (χ0v) is 19.7. The lowest BCUT2D eigenvalue weighted by Gasteiger charge is -2.22. The van der Waals surface area contributed by atoms with Gasteiger partial charge in [0, 0.05) is 65.1 Å². The molecule has 0 spiro atoms. The summed E-state index contributed by atoms with van der Waals surface area (Å²) in [6, 6.07) is 0. The Balaban J connectivity index is 0.00000364. The average molecular weight is 493 g/mol. The summed E-state index contributed by atoms with van der Waals surface area (Å²) in [5.74, 6) is 1.89. The highest BCUT2D eigenvalue weighted by atomic mass is 127. The topological polar surface area (TPSA) is 63.9 Å². The predicted molar refractivity (Wildman–Crippen MR) is 120 cm³/mol. The summed E-state index contributed by atoms with van der Waals surface area (Å²) in [6.07, 6.45) is 4.19. The third-order valence-corrected chi connectivity index (χ3v) is 4.59. The van der Waals surface area contributed by atoms with Crippen LogP contribution in [-0.2, 0) is 23.1 Å². The van der Waals surface area contributed by atoms with E-state index in [0.717, 1.165) is 64.0 Å². The van der Waals surface area contributed by atoms with Gasteiger partial charge in [0.1, 0.15) is 0 Å². The van der Waals surface area contributed by atoms with E-state index in [1.807, 2.05) is 18.8 Å². The normalized spacial score (nSPS) is 17.3. The number of aryl methyl sites for hydroxylation is 1. The van der Waals surface area contributed by atoms with Crippen molar-refractivity contribution in [3.63, 3.8) is 0 Å². The first-order valence-electron chi connectivity index (χ1n) is 9.61. The van der Waals surface area contributed by atoms with Crippen molar-refractivity contribution in [2.75, 3.05) is 47.1 Å². The van der Waals surface area contributed by atoms with Crippen molar-refractivity contribution in [1.82, 2.24) is 20.0 Å². The van der Waals surface area contributed by atoms with E-state index in [-0.39, 0.29) is 24.0 Å². The molecule has 1 atom stereocenters. The maximum absolute atomic E-state index is 5.75. The molecule has 1 aliphatic heterocycles. The molecule has 1 N–H and O–H groups in total. The number of guanidine groups is 1. The van der Waals surface area contributed by atoms with Crippen LogP contribution in [0.2, 0.25) is 0 Å². The van der Waals surface area contributed by atoms with Crippen molar-refractivity contribution in [2.24, 2.45) is 18.0 Å². The number of hydrogen-bond acceptors (Lipinski definition) is 4. The first kappa shape index (κ1) is 24.2. The lowest BCUT2D eigenvalue weighted by Crippen LogP contribution is -2.39. The van der Waals surface area contributed by atoms with Crippen LogP contribution >= 0.6 is 24.0 Å². The Labute approximate surface area is 180 Å². The highest BCUT2D eigenvalue weighted by Gasteiger charge is 2.16. The van der Waals surface area contributed by atoms with Crippen molar-refractivity contribution in [1.29, 1.82) is 0 Å². The van der Waals surface area contributed by atoms with E-state index in [4.69, 9.17) is 9.47 Å². The van der Waals surface area contributed by atoms with Gasteiger partial charge >= 0.3 is 0 Å². The lowest BCUT2D eigenvalue weighted by atomic mass is 10.1. The summed E-state index contributed by atoms with van der Waals surface area (Å²) >= 11 is 0. The summed E-state index contributed by atoms with van der Waals surface area (Å²) in [5, 5.41) is 8.00. The van der Waals surface area contributed by atoms with Crippen LogP contribution in [0.1, 0.15) is 43.9 Å². The predicted octanol–water partition coefficient (Wildman–Crippen LogP) is 2.61. The maximum Gasteiger partial charge on any atom is 0.193 e. The molecule has 0 aliphatic carbocycles. The molecular weight excluding hydrogens is 457 g/mol. The van der Waals surface area contributed by atoms with Crippen molar-refractivity contribution >= 4 is 29.9 Å². The fourth-order valence-electron chi connectivity index (χ4n) is 3.22. The highest BCUT2D eigenvalue weighted by Crippen LogP contribution is 2.18. The second-order valence-corrected chi connectivity index (χ2v) is 7.36. The largest absolute Gasteiger partial charge is 0.381 e. The Morgan fingerprint density at radius 3 is 2.93 bits per heavy atom. The number of rotatable bonds is 9. The second-order valence-electron chi connectivity index (χ2n) is 7.36. The number of nitrogens with zero attached hydrogens (tertiary/aromatic N) is 4. The minimum atomic E-state index is 0. The summed E-state index contributed by atoms with van der Waals surface area (Å²) in [6.45, 7) is 9.31. The molecule has 0 radical (unpaired) electrons. The van der Waals surface area contributed by atoms with Gasteiger partial charge in [-0.3, -0.25) is 9.67 Å². The molecule has 7 nitrogen and oxygen atoms in total. The first-order valence-corrected chi connectivity index (χ1v) is 9.61. The number of aromatic nitrogens is 2. The smallest absolute Gasteiger partial charge is 0.193 e. The van der Waals surface area contributed by atoms with Crippen LogP contribution < -0.4 is 5.32 Å². The number of halogens is 1. The van der Waals surface area contributed by atoms with E-state index in [0.29, 0.717) is 11.8 Å². The van der Waals surface area contributed by atoms with Gasteiger partial charge in [-0.15, -0.1) is 24.0 Å². The number of nitrogens with one attached hydrogen (secondary N) is 1. The van der Waals surface area contributed by atoms with Gasteiger partial charge in [-0.2, -0.15) is 5.10 Å². The van der Waals surface area contributed by atoms with Gasteiger partial charge in [0.05, 0.1) is 18.9 Å². The average Bonchev–Trinajstić information content (AvgIpc) is 3.23. The quantitative estimate of drug-likeness (QED) is 0.248. The fourth-order valence-corrected chi connectivity index (χ4v) is 3.22. The fraction of sp³-hybridized carbons (Fsp3) is 0.789. The lowest BCUT2D eigenvalue weighted by molar-refractivity contribution is 0.0887. The zero-order chi connectivity index (χ0) is 18.9. The molecule has 0 bridgehead atoms. The van der Waals surface area contributed by atoms with Gasteiger partial charge in [-0.25, -0.2) is 0 Å². The minimum absolute atomic E-state index is 0. The van der Waals surface area contributed by atoms with Gasteiger partial charge in [-0.05, 0) is 18.8 Å². The molecule has 1 aromatic rings. The third kappa shape index (κ3) is 7.95. The van der Waals surface area contributed by atoms with E-state index in [1.54, 1.807) is 0 Å². The molecule has 1 saturated heterocycles. The summed E-state index contributed by atoms with van der Waals surface area (Å²) in [5.41, 5.74) is 2.40. The zero-order valence-electron chi connectivity index (χ0n) is 17.4. The molecule has 27 heavy (non-hydrogen) atoms. The number of ether oxygens (including phenoxy) is 2. The summed E-state index contributed by atoms with van der Waals surface area (Å²) in [4.78, 5) is 6.53. The molecule has 2 heterocycles. The van der Waals surface area contributed by atoms with Crippen LogP contribution in [-0.4, -0.2) is 67.7 Å².